The zero-order chi connectivity index (χ0) is 61.3. The number of fused-ring (bicyclic) bond motifs is 19. The first kappa shape index (κ1) is 52.0. The smallest absolute Gasteiger partial charge is 0.301 e. The average Bonchev–Trinajstić information content (AvgIpc) is 1.57. The van der Waals surface area contributed by atoms with E-state index in [0.29, 0.717) is 0 Å². The van der Waals surface area contributed by atoms with Crippen LogP contribution in [-0.2, 0) is 10.8 Å². The monoisotopic (exact) mass is 1230 g/mol. The zero-order valence-corrected chi connectivity index (χ0v) is 52.9. The molecule has 0 N–H and O–H groups in total. The molecule has 0 aliphatic carbocycles. The fourth-order valence-electron chi connectivity index (χ4n) is 16.9. The van der Waals surface area contributed by atoms with Crippen molar-refractivity contribution in [2.24, 2.45) is 0 Å². The fraction of sp³-hybridized carbons (Fsp3) is 0.0732. The average molecular weight is 1230 g/mol. The Bertz CT molecular complexity index is 5340. The predicted octanol–water partition coefficient (Wildman–Crippen LogP) is 19.0. The summed E-state index contributed by atoms with van der Waals surface area (Å²) in [6.07, 6.45) is 0. The van der Waals surface area contributed by atoms with E-state index in [1.165, 1.54) is 70.4 Å². The predicted molar refractivity (Wildman–Crippen MR) is 390 cm³/mol. The minimum absolute atomic E-state index is 0.130. The highest BCUT2D eigenvalue weighted by Crippen LogP contribution is 2.57. The summed E-state index contributed by atoms with van der Waals surface area (Å²) in [6.45, 7) is 8.97. The second-order valence-corrected chi connectivity index (χ2v) is 28.8. The molecule has 12 aromatic carbocycles. The summed E-state index contributed by atoms with van der Waals surface area (Å²) in [5.74, 6) is 3.38. The Balaban J connectivity index is 0.791. The number of rotatable bonds is 4. The van der Waals surface area contributed by atoms with Crippen molar-refractivity contribution in [3.05, 3.63) is 277 Å². The lowest BCUT2D eigenvalue weighted by molar-refractivity contribution is 0.488. The van der Waals surface area contributed by atoms with E-state index in [4.69, 9.17) is 13.9 Å². The van der Waals surface area contributed by atoms with E-state index in [0.717, 1.165) is 117 Å². The normalized spacial score (nSPS) is 15.3. The number of thiophene rings is 2. The third-order valence-corrected chi connectivity index (χ3v) is 23.4. The first-order valence-corrected chi connectivity index (χ1v) is 33.7. The second-order valence-electron chi connectivity index (χ2n) is 26.7. The number of hydrogen-bond donors (Lipinski definition) is 0. The van der Waals surface area contributed by atoms with Crippen LogP contribution in [0, 0.1) is 0 Å². The summed E-state index contributed by atoms with van der Waals surface area (Å²) in [7, 11) is 0. The molecular formula is C82H54B2N4O3S2. The lowest BCUT2D eigenvalue weighted by Crippen LogP contribution is -2.59. The van der Waals surface area contributed by atoms with E-state index in [-0.39, 0.29) is 24.3 Å². The van der Waals surface area contributed by atoms with E-state index < -0.39 is 0 Å². The standard InChI is InChI=1S/C82H54B2N4O3S2/c1-81(2)55-29-13-17-33-61(55)85(62-34-18-14-30-56(62)81)49-39-65-75-70(41-49)89-68-45-73-53(43-59(68)83(75)79-77(51-27-11-21-37-67(51)91-79)87(65)47-23-7-5-8-24-47)54-44-60-69(46-74(54)92-73)90-71-42-50(86-63-35-19-15-31-57(63)82(3,4)58-32-16-20-36-64(58)86)40-66-76(71)84(60)80-78(52-28-12-22-38-72(52)93-80)88(66)48-25-9-6-10-26-48/h5-46H,1-4H3. The van der Waals surface area contributed by atoms with Crippen LogP contribution in [0.4, 0.5) is 68.2 Å². The van der Waals surface area contributed by atoms with E-state index in [1.54, 1.807) is 11.3 Å². The van der Waals surface area contributed by atoms with Crippen molar-refractivity contribution in [1.82, 2.24) is 0 Å². The molecule has 0 unspecified atom stereocenters. The molecule has 0 amide bonds. The maximum absolute atomic E-state index is 7.59. The molecule has 0 saturated carbocycles. The Morgan fingerprint density at radius 2 is 0.753 bits per heavy atom. The summed E-state index contributed by atoms with van der Waals surface area (Å²) in [6, 6.07) is 93.9. The summed E-state index contributed by atoms with van der Waals surface area (Å²) in [4.78, 5) is 9.87. The van der Waals surface area contributed by atoms with Crippen LogP contribution in [0.1, 0.15) is 49.9 Å². The minimum Gasteiger partial charge on any atom is -0.468 e. The molecule has 21 rings (SSSR count). The van der Waals surface area contributed by atoms with Crippen molar-refractivity contribution < 1.29 is 13.9 Å². The van der Waals surface area contributed by atoms with Gasteiger partial charge < -0.3 is 33.5 Å². The molecule has 0 fully saturated rings. The Hall–Kier alpha value is -10.7. The highest BCUT2D eigenvalue weighted by molar-refractivity contribution is 7.33. The van der Waals surface area contributed by atoms with Gasteiger partial charge in [0, 0.05) is 91.6 Å². The molecule has 93 heavy (non-hydrogen) atoms. The molecule has 438 valence electrons. The van der Waals surface area contributed by atoms with Crippen LogP contribution in [0.3, 0.4) is 0 Å². The molecule has 0 saturated heterocycles. The van der Waals surface area contributed by atoms with Crippen molar-refractivity contribution in [2.45, 2.75) is 38.5 Å². The molecule has 11 heteroatoms. The Morgan fingerprint density at radius 3 is 1.28 bits per heavy atom. The lowest BCUT2D eigenvalue weighted by Gasteiger charge is -2.43. The molecule has 0 spiro atoms. The molecule has 0 atom stereocenters. The lowest BCUT2D eigenvalue weighted by atomic mass is 9.36. The Kier molecular flexibility index (Phi) is 10.3. The van der Waals surface area contributed by atoms with Gasteiger partial charge in [0.15, 0.2) is 0 Å². The van der Waals surface area contributed by atoms with Gasteiger partial charge in [0.2, 0.25) is 0 Å². The quantitative estimate of drug-likeness (QED) is 0.163. The van der Waals surface area contributed by atoms with Gasteiger partial charge in [-0.05, 0) is 130 Å². The van der Waals surface area contributed by atoms with E-state index >= 15 is 0 Å². The van der Waals surface area contributed by atoms with E-state index in [1.807, 2.05) is 11.3 Å². The molecule has 6 aliphatic rings. The molecule has 7 nitrogen and oxygen atoms in total. The van der Waals surface area contributed by atoms with Crippen LogP contribution in [0.25, 0.3) is 41.2 Å². The fourth-order valence-corrected chi connectivity index (χ4v) is 19.4. The second kappa shape index (κ2) is 18.5. The molecule has 0 radical (unpaired) electrons. The third kappa shape index (κ3) is 6.94. The van der Waals surface area contributed by atoms with Crippen LogP contribution in [-0.4, -0.2) is 13.4 Å². The maximum atomic E-state index is 7.59. The molecule has 15 aromatic rings. The van der Waals surface area contributed by atoms with Crippen LogP contribution in [0.15, 0.2) is 259 Å². The van der Waals surface area contributed by atoms with Crippen molar-refractivity contribution in [3.8, 4) is 23.0 Å². The summed E-state index contributed by atoms with van der Waals surface area (Å²) < 4.78 is 27.3. The summed E-state index contributed by atoms with van der Waals surface area (Å²) in [5.41, 5.74) is 24.2. The van der Waals surface area contributed by atoms with Crippen molar-refractivity contribution in [1.29, 1.82) is 0 Å². The van der Waals surface area contributed by atoms with Gasteiger partial charge in [0.05, 0.1) is 51.2 Å². The SMILES string of the molecule is CC1(C)c2ccccc2N(c2cc3c4c(c2)N(c2ccccc2)c2c(oc5ccccc25)B4c2cc4c(cc2O3)sc2cc3c(cc24)B2c4sc5ccccc5c4N(c4ccccc4)c4cc(N5c6ccccc6C(C)(C)c6ccccc65)cc(c42)O3)c2ccccc21. The Morgan fingerprint density at radius 1 is 0.323 bits per heavy atom. The third-order valence-electron chi connectivity index (χ3n) is 21.0. The van der Waals surface area contributed by atoms with Crippen molar-refractivity contribution in [3.63, 3.8) is 0 Å². The topological polar surface area (TPSA) is 44.6 Å². The van der Waals surface area contributed by atoms with Crippen LogP contribution in [0.5, 0.6) is 23.0 Å². The number of benzene rings is 12. The molecule has 0 bridgehead atoms. The highest BCUT2D eigenvalue weighted by Gasteiger charge is 2.49. The van der Waals surface area contributed by atoms with Crippen molar-refractivity contribution in [2.75, 3.05) is 19.6 Å². The van der Waals surface area contributed by atoms with Gasteiger partial charge in [0.1, 0.15) is 28.6 Å². The van der Waals surface area contributed by atoms with Crippen LogP contribution < -0.4 is 61.4 Å². The maximum Gasteiger partial charge on any atom is 0.301 e. The van der Waals surface area contributed by atoms with Gasteiger partial charge in [-0.15, -0.1) is 22.7 Å². The van der Waals surface area contributed by atoms with Crippen molar-refractivity contribution >= 4 is 178 Å². The number of para-hydroxylation sites is 7. The number of furan rings is 1. The molecule has 3 aromatic heterocycles. The molecule has 6 aliphatic heterocycles. The van der Waals surface area contributed by atoms with Gasteiger partial charge >= 0.3 is 6.71 Å². The zero-order valence-electron chi connectivity index (χ0n) is 51.2. The van der Waals surface area contributed by atoms with Gasteiger partial charge in [-0.25, -0.2) is 0 Å². The van der Waals surface area contributed by atoms with E-state index in [2.05, 4.69) is 302 Å². The molecule has 9 heterocycles. The van der Waals surface area contributed by atoms with Gasteiger partial charge in [-0.3, -0.25) is 0 Å². The summed E-state index contributed by atoms with van der Waals surface area (Å²) >= 11 is 3.71. The Labute approximate surface area is 546 Å². The largest absolute Gasteiger partial charge is 0.468 e. The number of anilines is 12. The van der Waals surface area contributed by atoms with E-state index in [9.17, 15) is 0 Å². The number of nitrogens with zero attached hydrogens (tertiary/aromatic N) is 4. The van der Waals surface area contributed by atoms with Crippen LogP contribution in [0.2, 0.25) is 0 Å². The first-order chi connectivity index (χ1) is 45.6. The summed E-state index contributed by atoms with van der Waals surface area (Å²) in [5, 5.41) is 4.67. The number of hydrogen-bond acceptors (Lipinski definition) is 9. The number of ether oxygens (including phenoxy) is 2. The van der Waals surface area contributed by atoms with Gasteiger partial charge in [-0.2, -0.15) is 0 Å². The van der Waals surface area contributed by atoms with Gasteiger partial charge in [0.25, 0.3) is 6.71 Å². The molecular weight excluding hydrogens is 1170 g/mol. The van der Waals surface area contributed by atoms with Crippen LogP contribution >= 0.6 is 22.7 Å². The highest BCUT2D eigenvalue weighted by atomic mass is 32.1. The van der Waals surface area contributed by atoms with Gasteiger partial charge in [-0.1, -0.05) is 179 Å². The minimum atomic E-state index is -0.299. The first-order valence-electron chi connectivity index (χ1n) is 32.1.